The molecule has 0 fully saturated rings. The number of hydrogen-bond acceptors (Lipinski definition) is 3. The molecule has 4 nitrogen and oxygen atoms in total. The molecule has 3 aromatic rings. The minimum absolute atomic E-state index is 0.0570. The molecule has 0 unspecified atom stereocenters. The number of hydrogen-bond donors (Lipinski definition) is 1. The first-order valence-electron chi connectivity index (χ1n) is 6.80. The highest BCUT2D eigenvalue weighted by atomic mass is 35.5. The molecule has 0 aliphatic carbocycles. The van der Waals surface area contributed by atoms with Crippen molar-refractivity contribution < 1.29 is 13.2 Å². The van der Waals surface area contributed by atoms with E-state index in [1.165, 1.54) is 4.40 Å². The molecule has 0 aliphatic rings. The summed E-state index contributed by atoms with van der Waals surface area (Å²) in [4.78, 5) is 8.33. The highest BCUT2D eigenvalue weighted by Gasteiger charge is 2.32. The second-order valence-corrected chi connectivity index (χ2v) is 5.36. The van der Waals surface area contributed by atoms with Crippen LogP contribution in [-0.2, 0) is 12.6 Å². The average Bonchev–Trinajstić information content (AvgIpc) is 2.87. The van der Waals surface area contributed by atoms with Crippen LogP contribution in [0.2, 0.25) is 5.02 Å². The molecular formula is C15H12ClF3N4. The predicted molar refractivity (Wildman–Crippen MR) is 81.2 cm³/mol. The summed E-state index contributed by atoms with van der Waals surface area (Å²) >= 11 is 6.01. The van der Waals surface area contributed by atoms with Gasteiger partial charge in [-0.25, -0.2) is 4.98 Å². The van der Waals surface area contributed by atoms with E-state index in [-0.39, 0.29) is 17.2 Å². The second-order valence-electron chi connectivity index (χ2n) is 4.95. The van der Waals surface area contributed by atoms with E-state index in [1.54, 1.807) is 24.5 Å². The Morgan fingerprint density at radius 3 is 2.52 bits per heavy atom. The molecule has 0 saturated heterocycles. The van der Waals surface area contributed by atoms with Gasteiger partial charge in [0.05, 0.1) is 22.0 Å². The van der Waals surface area contributed by atoms with Gasteiger partial charge in [0.1, 0.15) is 0 Å². The third kappa shape index (κ3) is 2.89. The van der Waals surface area contributed by atoms with Crippen molar-refractivity contribution in [2.75, 3.05) is 6.54 Å². The lowest BCUT2D eigenvalue weighted by Gasteiger charge is -2.09. The third-order valence-electron chi connectivity index (χ3n) is 3.44. The summed E-state index contributed by atoms with van der Waals surface area (Å²) in [5, 5.41) is -0.0570. The Bertz CT molecular complexity index is 843. The number of nitrogens with two attached hydrogens (primary N) is 1. The first-order valence-corrected chi connectivity index (χ1v) is 7.17. The molecule has 120 valence electrons. The standard InChI is InChI=1S/C15H12ClF3N4/c16-11-7-10(15(17,18)19)8-23-12(1-4-20)13(22-14(11)23)9-2-5-21-6-3-9/h2-3,5-8H,1,4,20H2. The van der Waals surface area contributed by atoms with Crippen LogP contribution < -0.4 is 5.73 Å². The van der Waals surface area contributed by atoms with Crippen LogP contribution in [0.15, 0.2) is 36.8 Å². The van der Waals surface area contributed by atoms with Gasteiger partial charge in [-0.2, -0.15) is 13.2 Å². The molecule has 3 rings (SSSR count). The minimum Gasteiger partial charge on any atom is -0.330 e. The molecule has 0 aromatic carbocycles. The van der Waals surface area contributed by atoms with E-state index in [0.29, 0.717) is 17.8 Å². The van der Waals surface area contributed by atoms with Gasteiger partial charge in [-0.15, -0.1) is 0 Å². The highest BCUT2D eigenvalue weighted by Crippen LogP contribution is 2.34. The molecule has 3 aromatic heterocycles. The van der Waals surface area contributed by atoms with Crippen molar-refractivity contribution in [2.24, 2.45) is 5.73 Å². The number of nitrogens with zero attached hydrogens (tertiary/aromatic N) is 3. The Labute approximate surface area is 134 Å². The Kier molecular flexibility index (Phi) is 3.99. The summed E-state index contributed by atoms with van der Waals surface area (Å²) in [7, 11) is 0. The molecule has 0 saturated carbocycles. The summed E-state index contributed by atoms with van der Waals surface area (Å²) < 4.78 is 40.4. The Morgan fingerprint density at radius 1 is 1.22 bits per heavy atom. The zero-order valence-corrected chi connectivity index (χ0v) is 12.6. The number of aromatic nitrogens is 3. The van der Waals surface area contributed by atoms with Crippen molar-refractivity contribution in [3.05, 3.63) is 53.1 Å². The van der Waals surface area contributed by atoms with E-state index in [9.17, 15) is 13.2 Å². The molecule has 8 heteroatoms. The van der Waals surface area contributed by atoms with Gasteiger partial charge in [0, 0.05) is 30.6 Å². The normalized spacial score (nSPS) is 12.0. The van der Waals surface area contributed by atoms with E-state index < -0.39 is 11.7 Å². The summed E-state index contributed by atoms with van der Waals surface area (Å²) in [5.74, 6) is 0. The molecule has 0 atom stereocenters. The quantitative estimate of drug-likeness (QED) is 0.793. The van der Waals surface area contributed by atoms with Gasteiger partial charge >= 0.3 is 6.18 Å². The van der Waals surface area contributed by atoms with Gasteiger partial charge in [0.25, 0.3) is 0 Å². The van der Waals surface area contributed by atoms with Crippen molar-refractivity contribution in [1.82, 2.24) is 14.4 Å². The van der Waals surface area contributed by atoms with Gasteiger partial charge in [-0.1, -0.05) is 11.6 Å². The Hall–Kier alpha value is -2.12. The van der Waals surface area contributed by atoms with E-state index >= 15 is 0 Å². The lowest BCUT2D eigenvalue weighted by molar-refractivity contribution is -0.137. The first kappa shape index (κ1) is 15.8. The van der Waals surface area contributed by atoms with Crippen molar-refractivity contribution >= 4 is 17.2 Å². The summed E-state index contributed by atoms with van der Waals surface area (Å²) in [6.07, 6.45) is 0.0713. The maximum Gasteiger partial charge on any atom is 0.417 e. The number of imidazole rings is 1. The number of fused-ring (bicyclic) bond motifs is 1. The zero-order valence-electron chi connectivity index (χ0n) is 11.8. The smallest absolute Gasteiger partial charge is 0.330 e. The van der Waals surface area contributed by atoms with Crippen LogP contribution in [0.25, 0.3) is 16.9 Å². The maximum atomic E-state index is 13.0. The van der Waals surface area contributed by atoms with Crippen LogP contribution in [0, 0.1) is 0 Å². The summed E-state index contributed by atoms with van der Waals surface area (Å²) in [6, 6.07) is 4.35. The molecule has 0 aliphatic heterocycles. The van der Waals surface area contributed by atoms with Crippen molar-refractivity contribution in [2.45, 2.75) is 12.6 Å². The molecule has 0 radical (unpaired) electrons. The monoisotopic (exact) mass is 340 g/mol. The SMILES string of the molecule is NCCc1c(-c2ccncc2)nc2c(Cl)cc(C(F)(F)F)cn12. The minimum atomic E-state index is -4.49. The van der Waals surface area contributed by atoms with Gasteiger partial charge in [0.2, 0.25) is 0 Å². The highest BCUT2D eigenvalue weighted by molar-refractivity contribution is 6.33. The van der Waals surface area contributed by atoms with E-state index in [2.05, 4.69) is 9.97 Å². The molecule has 0 amide bonds. The van der Waals surface area contributed by atoms with E-state index in [1.807, 2.05) is 0 Å². The van der Waals surface area contributed by atoms with Gasteiger partial charge in [-0.3, -0.25) is 4.98 Å². The predicted octanol–water partition coefficient (Wildman–Crippen LogP) is 3.57. The van der Waals surface area contributed by atoms with Crippen molar-refractivity contribution in [3.8, 4) is 11.3 Å². The summed E-state index contributed by atoms with van der Waals surface area (Å²) in [5.41, 5.74) is 6.94. The van der Waals surface area contributed by atoms with E-state index in [4.69, 9.17) is 17.3 Å². The molecule has 2 N–H and O–H groups in total. The summed E-state index contributed by atoms with van der Waals surface area (Å²) in [6.45, 7) is 0.278. The number of pyridine rings is 2. The third-order valence-corrected chi connectivity index (χ3v) is 3.71. The Morgan fingerprint density at radius 2 is 1.91 bits per heavy atom. The van der Waals surface area contributed by atoms with Gasteiger partial charge < -0.3 is 10.1 Å². The van der Waals surface area contributed by atoms with Crippen LogP contribution in [0.5, 0.6) is 0 Å². The first-order chi connectivity index (χ1) is 10.9. The number of alkyl halides is 3. The fraction of sp³-hybridized carbons (Fsp3) is 0.200. The van der Waals surface area contributed by atoms with E-state index in [0.717, 1.165) is 17.8 Å². The zero-order chi connectivity index (χ0) is 16.6. The fourth-order valence-corrected chi connectivity index (χ4v) is 2.67. The molecule has 3 heterocycles. The Balaban J connectivity index is 2.31. The topological polar surface area (TPSA) is 56.2 Å². The van der Waals surface area contributed by atoms with Crippen molar-refractivity contribution in [1.29, 1.82) is 0 Å². The average molecular weight is 341 g/mol. The number of halogens is 4. The van der Waals surface area contributed by atoms with Crippen molar-refractivity contribution in [3.63, 3.8) is 0 Å². The molecular weight excluding hydrogens is 329 g/mol. The molecule has 0 bridgehead atoms. The van der Waals surface area contributed by atoms with Gasteiger partial charge in [-0.05, 0) is 24.7 Å². The van der Waals surface area contributed by atoms with Crippen LogP contribution in [0.4, 0.5) is 13.2 Å². The maximum absolute atomic E-state index is 13.0. The van der Waals surface area contributed by atoms with Gasteiger partial charge in [0.15, 0.2) is 5.65 Å². The van der Waals surface area contributed by atoms with Crippen LogP contribution in [-0.4, -0.2) is 20.9 Å². The second kappa shape index (κ2) is 5.82. The molecule has 23 heavy (non-hydrogen) atoms. The lowest BCUT2D eigenvalue weighted by Crippen LogP contribution is -2.10. The largest absolute Gasteiger partial charge is 0.417 e. The van der Waals surface area contributed by atoms with Crippen LogP contribution >= 0.6 is 11.6 Å². The van der Waals surface area contributed by atoms with Crippen LogP contribution in [0.1, 0.15) is 11.3 Å². The molecule has 0 spiro atoms. The fourth-order valence-electron chi connectivity index (χ4n) is 2.42. The number of rotatable bonds is 3. The van der Waals surface area contributed by atoms with Crippen LogP contribution in [0.3, 0.4) is 0 Å². The lowest BCUT2D eigenvalue weighted by atomic mass is 10.1.